The zero-order valence-electron chi connectivity index (χ0n) is 19.0. The van der Waals surface area contributed by atoms with E-state index in [1.165, 1.54) is 0 Å². The maximum Gasteiger partial charge on any atom is 0.276 e. The van der Waals surface area contributed by atoms with Gasteiger partial charge in [0, 0.05) is 58.6 Å². The lowest BCUT2D eigenvalue weighted by molar-refractivity contribution is 0.0711. The molecule has 1 unspecified atom stereocenters. The van der Waals surface area contributed by atoms with E-state index in [4.69, 9.17) is 14.6 Å². The van der Waals surface area contributed by atoms with Crippen LogP contribution in [0.1, 0.15) is 33.9 Å². The molecule has 5 rings (SSSR count). The molecule has 0 spiro atoms. The van der Waals surface area contributed by atoms with Gasteiger partial charge in [0.05, 0.1) is 31.5 Å². The summed E-state index contributed by atoms with van der Waals surface area (Å²) in [5.41, 5.74) is 4.30. The van der Waals surface area contributed by atoms with Crippen LogP contribution in [0.3, 0.4) is 0 Å². The Bertz CT molecular complexity index is 1410. The van der Waals surface area contributed by atoms with Crippen molar-refractivity contribution in [3.05, 3.63) is 88.3 Å². The molecule has 0 saturated carbocycles. The van der Waals surface area contributed by atoms with Gasteiger partial charge in [-0.3, -0.25) is 9.78 Å². The van der Waals surface area contributed by atoms with Gasteiger partial charge >= 0.3 is 0 Å². The second kappa shape index (κ2) is 8.95. The second-order valence-electron chi connectivity index (χ2n) is 8.08. The van der Waals surface area contributed by atoms with E-state index in [1.807, 2.05) is 31.3 Å². The highest BCUT2D eigenvalue weighted by Crippen LogP contribution is 2.40. The Morgan fingerprint density at radius 1 is 1.09 bits per heavy atom. The maximum atomic E-state index is 13.6. The Balaban J connectivity index is 1.62. The van der Waals surface area contributed by atoms with Crippen LogP contribution in [0, 0.1) is 0 Å². The predicted molar refractivity (Wildman–Crippen MR) is 134 cm³/mol. The first kappa shape index (κ1) is 22.2. The van der Waals surface area contributed by atoms with Gasteiger partial charge in [-0.2, -0.15) is 5.10 Å². The summed E-state index contributed by atoms with van der Waals surface area (Å²) in [6, 6.07) is 15.1. The summed E-state index contributed by atoms with van der Waals surface area (Å²) in [4.78, 5) is 17.7. The zero-order valence-corrected chi connectivity index (χ0v) is 20.6. The first-order valence-corrected chi connectivity index (χ1v) is 11.6. The highest BCUT2D eigenvalue weighted by molar-refractivity contribution is 9.10. The number of benzene rings is 2. The average Bonchev–Trinajstić information content (AvgIpc) is 3.44. The molecule has 172 valence electrons. The normalized spacial score (nSPS) is 15.5. The summed E-state index contributed by atoms with van der Waals surface area (Å²) in [5.74, 6) is 1.06. The molecular formula is C26H23BrN4O3. The molecule has 1 amide bonds. The lowest BCUT2D eigenvalue weighted by Gasteiger charge is -2.21. The number of fused-ring (bicyclic) bond motifs is 1. The molecule has 3 heterocycles. The molecule has 0 saturated heterocycles. The molecule has 1 aliphatic rings. The van der Waals surface area contributed by atoms with Crippen LogP contribution in [0.25, 0.3) is 10.9 Å². The van der Waals surface area contributed by atoms with Gasteiger partial charge < -0.3 is 14.0 Å². The van der Waals surface area contributed by atoms with Gasteiger partial charge in [0.1, 0.15) is 0 Å². The number of carbonyl (C=O) groups excluding carboxylic acids is 1. The van der Waals surface area contributed by atoms with Crippen molar-refractivity contribution < 1.29 is 14.3 Å². The minimum atomic E-state index is -0.270. The highest BCUT2D eigenvalue weighted by atomic mass is 79.9. The van der Waals surface area contributed by atoms with Gasteiger partial charge in [-0.15, -0.1) is 0 Å². The lowest BCUT2D eigenvalue weighted by Crippen LogP contribution is -2.27. The van der Waals surface area contributed by atoms with E-state index in [2.05, 4.69) is 43.8 Å². The fourth-order valence-corrected chi connectivity index (χ4v) is 4.77. The smallest absolute Gasteiger partial charge is 0.276 e. The topological polar surface area (TPSA) is 69.0 Å². The number of aryl methyl sites for hydroxylation is 1. The molecule has 0 fully saturated rings. The number of pyridine rings is 1. The third kappa shape index (κ3) is 3.84. The minimum absolute atomic E-state index is 0.194. The van der Waals surface area contributed by atoms with Crippen molar-refractivity contribution >= 4 is 38.5 Å². The van der Waals surface area contributed by atoms with Crippen LogP contribution in [-0.4, -0.2) is 40.4 Å². The molecule has 4 aromatic rings. The molecule has 0 N–H and O–H groups in total. The van der Waals surface area contributed by atoms with Crippen molar-refractivity contribution in [3.63, 3.8) is 0 Å². The number of ether oxygens (including phenoxy) is 2. The van der Waals surface area contributed by atoms with Crippen LogP contribution in [0.5, 0.6) is 11.5 Å². The quantitative estimate of drug-likeness (QED) is 0.357. The predicted octanol–water partition coefficient (Wildman–Crippen LogP) is 5.34. The fraction of sp³-hybridized carbons (Fsp3) is 0.192. The maximum absolute atomic E-state index is 13.6. The van der Waals surface area contributed by atoms with Gasteiger partial charge in [-0.25, -0.2) is 5.01 Å². The molecule has 7 nitrogen and oxygen atoms in total. The van der Waals surface area contributed by atoms with E-state index in [0.717, 1.165) is 32.2 Å². The van der Waals surface area contributed by atoms with E-state index >= 15 is 0 Å². The summed E-state index contributed by atoms with van der Waals surface area (Å²) in [5, 5.41) is 7.48. The number of rotatable bonds is 5. The third-order valence-electron chi connectivity index (χ3n) is 6.09. The molecular weight excluding hydrogens is 496 g/mol. The second-order valence-corrected chi connectivity index (χ2v) is 9.00. The molecule has 2 aromatic carbocycles. The van der Waals surface area contributed by atoms with Gasteiger partial charge in [-0.05, 0) is 48.5 Å². The highest BCUT2D eigenvalue weighted by Gasteiger charge is 2.35. The van der Waals surface area contributed by atoms with E-state index in [9.17, 15) is 4.79 Å². The minimum Gasteiger partial charge on any atom is -0.493 e. The number of hydrogen-bond donors (Lipinski definition) is 0. The molecule has 0 radical (unpaired) electrons. The van der Waals surface area contributed by atoms with Gasteiger partial charge in [0.2, 0.25) is 0 Å². The number of nitrogens with zero attached hydrogens (tertiary/aromatic N) is 4. The SMILES string of the molecule is COc1ccc(C2=NN(C(=O)c3cccnc3)C(c3cn(C)c4ccc(Br)cc34)C2)cc1OC. The molecule has 2 aromatic heterocycles. The van der Waals surface area contributed by atoms with Crippen LogP contribution in [0.4, 0.5) is 0 Å². The zero-order chi connectivity index (χ0) is 23.8. The van der Waals surface area contributed by atoms with Crippen molar-refractivity contribution in [2.75, 3.05) is 14.2 Å². The van der Waals surface area contributed by atoms with Gasteiger partial charge in [0.25, 0.3) is 5.91 Å². The number of carbonyl (C=O) groups is 1. The summed E-state index contributed by atoms with van der Waals surface area (Å²) >= 11 is 3.59. The molecule has 1 aliphatic heterocycles. The number of methoxy groups -OCH3 is 2. The number of hydrazone groups is 1. The summed E-state index contributed by atoms with van der Waals surface area (Å²) < 4.78 is 13.9. The van der Waals surface area contributed by atoms with Crippen molar-refractivity contribution in [2.24, 2.45) is 12.1 Å². The van der Waals surface area contributed by atoms with Crippen LogP contribution < -0.4 is 9.47 Å². The van der Waals surface area contributed by atoms with Crippen LogP contribution in [0.15, 0.2) is 76.7 Å². The van der Waals surface area contributed by atoms with Crippen molar-refractivity contribution in [1.82, 2.24) is 14.6 Å². The Kier molecular flexibility index (Phi) is 5.83. The molecule has 0 bridgehead atoms. The lowest BCUT2D eigenvalue weighted by atomic mass is 9.97. The van der Waals surface area contributed by atoms with Crippen LogP contribution >= 0.6 is 15.9 Å². The Hall–Kier alpha value is -3.65. The summed E-state index contributed by atoms with van der Waals surface area (Å²) in [6.45, 7) is 0. The van der Waals surface area contributed by atoms with Gasteiger partial charge in [-0.1, -0.05) is 15.9 Å². The Morgan fingerprint density at radius 3 is 2.65 bits per heavy atom. The van der Waals surface area contributed by atoms with Gasteiger partial charge in [0.15, 0.2) is 11.5 Å². The monoisotopic (exact) mass is 518 g/mol. The van der Waals surface area contributed by atoms with Crippen molar-refractivity contribution in [2.45, 2.75) is 12.5 Å². The van der Waals surface area contributed by atoms with Crippen molar-refractivity contribution in [1.29, 1.82) is 0 Å². The van der Waals surface area contributed by atoms with E-state index < -0.39 is 0 Å². The van der Waals surface area contributed by atoms with Crippen LogP contribution in [0.2, 0.25) is 0 Å². The number of aromatic nitrogens is 2. The standard InChI is InChI=1S/C26H23BrN4O3/c1-30-15-20(19-12-18(27)7-8-22(19)30)23-13-21(16-6-9-24(33-2)25(11-16)34-3)29-31(23)26(32)17-5-4-10-28-14-17/h4-12,14-15,23H,13H2,1-3H3. The van der Waals surface area contributed by atoms with Crippen LogP contribution in [-0.2, 0) is 7.05 Å². The number of amides is 1. The van der Waals surface area contributed by atoms with E-state index in [0.29, 0.717) is 23.5 Å². The van der Waals surface area contributed by atoms with E-state index in [1.54, 1.807) is 43.8 Å². The number of halogens is 1. The largest absolute Gasteiger partial charge is 0.493 e. The fourth-order valence-electron chi connectivity index (χ4n) is 4.41. The molecule has 34 heavy (non-hydrogen) atoms. The molecule has 1 atom stereocenters. The molecule has 8 heteroatoms. The first-order chi connectivity index (χ1) is 16.5. The Morgan fingerprint density at radius 2 is 1.91 bits per heavy atom. The summed E-state index contributed by atoms with van der Waals surface area (Å²) in [6.07, 6.45) is 5.87. The average molecular weight is 519 g/mol. The Labute approximate surface area is 205 Å². The van der Waals surface area contributed by atoms with E-state index in [-0.39, 0.29) is 11.9 Å². The first-order valence-electron chi connectivity index (χ1n) is 10.8. The third-order valence-corrected chi connectivity index (χ3v) is 6.58. The summed E-state index contributed by atoms with van der Waals surface area (Å²) in [7, 11) is 5.22. The number of hydrogen-bond acceptors (Lipinski definition) is 5. The van der Waals surface area contributed by atoms with Crippen molar-refractivity contribution in [3.8, 4) is 11.5 Å². The molecule has 0 aliphatic carbocycles.